The summed E-state index contributed by atoms with van der Waals surface area (Å²) in [5.74, 6) is -0.954. The summed E-state index contributed by atoms with van der Waals surface area (Å²) in [6, 6.07) is 4.37. The first-order chi connectivity index (χ1) is 14.9. The quantitative estimate of drug-likeness (QED) is 0.466. The van der Waals surface area contributed by atoms with Crippen LogP contribution in [0.25, 0.3) is 16.4 Å². The lowest BCUT2D eigenvalue weighted by Gasteiger charge is -2.15. The highest BCUT2D eigenvalue weighted by Gasteiger charge is 2.23. The van der Waals surface area contributed by atoms with E-state index < -0.39 is 24.1 Å². The van der Waals surface area contributed by atoms with Crippen molar-refractivity contribution < 1.29 is 18.0 Å². The number of rotatable bonds is 7. The SMILES string of the molecule is CC[C@@H](Cn1nc(-c2cccs2)oc1=O)NC(=O)c1cnn2c(C(F)F)cc(C)nc12. The number of carbonyl (C=O) groups is 1. The Labute approximate surface area is 178 Å². The minimum Gasteiger partial charge on any atom is -0.387 e. The smallest absolute Gasteiger partial charge is 0.387 e. The number of hydrogen-bond acceptors (Lipinski definition) is 7. The highest BCUT2D eigenvalue weighted by Crippen LogP contribution is 2.22. The van der Waals surface area contributed by atoms with Crippen LogP contribution in [0.5, 0.6) is 0 Å². The van der Waals surface area contributed by atoms with Crippen molar-refractivity contribution in [3.05, 3.63) is 57.3 Å². The second kappa shape index (κ2) is 8.38. The van der Waals surface area contributed by atoms with Crippen molar-refractivity contribution in [2.75, 3.05) is 0 Å². The molecule has 4 aromatic heterocycles. The van der Waals surface area contributed by atoms with Gasteiger partial charge >= 0.3 is 5.76 Å². The van der Waals surface area contributed by atoms with Crippen LogP contribution >= 0.6 is 11.3 Å². The van der Waals surface area contributed by atoms with E-state index in [1.165, 1.54) is 23.6 Å². The molecule has 4 aromatic rings. The van der Waals surface area contributed by atoms with Crippen molar-refractivity contribution in [3.8, 4) is 10.8 Å². The summed E-state index contributed by atoms with van der Waals surface area (Å²) in [4.78, 5) is 29.9. The topological polar surface area (TPSA) is 107 Å². The molecule has 0 aliphatic carbocycles. The predicted molar refractivity (Wildman–Crippen MR) is 108 cm³/mol. The Hall–Kier alpha value is -3.41. The zero-order valence-corrected chi connectivity index (χ0v) is 17.4. The van der Waals surface area contributed by atoms with Gasteiger partial charge in [-0.25, -0.2) is 23.1 Å². The number of nitrogens with zero attached hydrogens (tertiary/aromatic N) is 5. The van der Waals surface area contributed by atoms with Gasteiger partial charge in [-0.1, -0.05) is 13.0 Å². The second-order valence-corrected chi connectivity index (χ2v) is 7.78. The number of alkyl halides is 2. The number of aryl methyl sites for hydroxylation is 1. The molecule has 0 spiro atoms. The Bertz CT molecular complexity index is 1280. The molecule has 1 atom stereocenters. The molecule has 0 saturated carbocycles. The zero-order valence-electron chi connectivity index (χ0n) is 16.6. The number of halogens is 2. The molecule has 0 fully saturated rings. The van der Waals surface area contributed by atoms with E-state index in [9.17, 15) is 18.4 Å². The van der Waals surface area contributed by atoms with Gasteiger partial charge in [0.2, 0.25) is 0 Å². The minimum atomic E-state index is -2.76. The fourth-order valence-corrected chi connectivity index (χ4v) is 3.74. The molecule has 0 unspecified atom stereocenters. The number of amides is 1. The molecular formula is C19H18F2N6O3S. The molecular weight excluding hydrogens is 430 g/mol. The third kappa shape index (κ3) is 4.10. The maximum Gasteiger partial charge on any atom is 0.437 e. The van der Waals surface area contributed by atoms with Gasteiger partial charge in [-0.3, -0.25) is 4.79 Å². The maximum atomic E-state index is 13.3. The minimum absolute atomic E-state index is 0.0428. The van der Waals surface area contributed by atoms with Crippen molar-refractivity contribution in [2.24, 2.45) is 0 Å². The first kappa shape index (κ1) is 20.8. The van der Waals surface area contributed by atoms with Crippen molar-refractivity contribution in [1.29, 1.82) is 0 Å². The van der Waals surface area contributed by atoms with Crippen molar-refractivity contribution >= 4 is 22.9 Å². The molecule has 4 heterocycles. The summed E-state index contributed by atoms with van der Waals surface area (Å²) >= 11 is 1.39. The molecule has 1 amide bonds. The van der Waals surface area contributed by atoms with Gasteiger partial charge in [0.15, 0.2) is 5.65 Å². The third-order valence-corrected chi connectivity index (χ3v) is 5.51. The van der Waals surface area contributed by atoms with E-state index in [1.54, 1.807) is 13.0 Å². The van der Waals surface area contributed by atoms with Crippen LogP contribution in [-0.2, 0) is 6.54 Å². The van der Waals surface area contributed by atoms with Gasteiger partial charge in [0.1, 0.15) is 11.3 Å². The third-order valence-electron chi connectivity index (χ3n) is 4.66. The van der Waals surface area contributed by atoms with Crippen molar-refractivity contribution in [1.82, 2.24) is 29.7 Å². The molecule has 0 bridgehead atoms. The molecule has 4 rings (SSSR count). The molecule has 1 N–H and O–H groups in total. The van der Waals surface area contributed by atoms with Gasteiger partial charge in [-0.15, -0.1) is 16.4 Å². The molecule has 0 aliphatic heterocycles. The number of fused-ring (bicyclic) bond motifs is 1. The number of hydrogen-bond donors (Lipinski definition) is 1. The molecule has 31 heavy (non-hydrogen) atoms. The van der Waals surface area contributed by atoms with Crippen LogP contribution < -0.4 is 11.1 Å². The van der Waals surface area contributed by atoms with Gasteiger partial charge in [0.05, 0.1) is 17.6 Å². The Balaban J connectivity index is 1.56. The normalized spacial score (nSPS) is 12.5. The van der Waals surface area contributed by atoms with Crippen LogP contribution in [0.3, 0.4) is 0 Å². The van der Waals surface area contributed by atoms with E-state index in [0.29, 0.717) is 12.1 Å². The highest BCUT2D eigenvalue weighted by atomic mass is 32.1. The van der Waals surface area contributed by atoms with E-state index in [2.05, 4.69) is 20.5 Å². The van der Waals surface area contributed by atoms with Gasteiger partial charge in [0.25, 0.3) is 18.2 Å². The summed E-state index contributed by atoms with van der Waals surface area (Å²) < 4.78 is 33.9. The van der Waals surface area contributed by atoms with E-state index in [1.807, 2.05) is 18.4 Å². The summed E-state index contributed by atoms with van der Waals surface area (Å²) in [6.07, 6.45) is -1.07. The van der Waals surface area contributed by atoms with Gasteiger partial charge in [-0.2, -0.15) is 9.78 Å². The van der Waals surface area contributed by atoms with E-state index in [4.69, 9.17) is 4.42 Å². The molecule has 162 valence electrons. The van der Waals surface area contributed by atoms with E-state index in [0.717, 1.165) is 14.1 Å². The summed E-state index contributed by atoms with van der Waals surface area (Å²) in [6.45, 7) is 3.49. The number of carbonyl (C=O) groups excluding carboxylic acids is 1. The van der Waals surface area contributed by atoms with Crippen molar-refractivity contribution in [3.63, 3.8) is 0 Å². The molecule has 9 nitrogen and oxygen atoms in total. The summed E-state index contributed by atoms with van der Waals surface area (Å²) in [7, 11) is 0. The lowest BCUT2D eigenvalue weighted by molar-refractivity contribution is 0.0931. The fourth-order valence-electron chi connectivity index (χ4n) is 3.10. The maximum absolute atomic E-state index is 13.3. The van der Waals surface area contributed by atoms with Gasteiger partial charge in [0, 0.05) is 11.7 Å². The average Bonchev–Trinajstić information content (AvgIpc) is 3.46. The monoisotopic (exact) mass is 448 g/mol. The molecule has 0 saturated heterocycles. The first-order valence-corrected chi connectivity index (χ1v) is 10.3. The van der Waals surface area contributed by atoms with Crippen LogP contribution in [0.15, 0.2) is 39.0 Å². The average molecular weight is 448 g/mol. The Morgan fingerprint density at radius 2 is 2.19 bits per heavy atom. The fraction of sp³-hybridized carbons (Fsp3) is 0.316. The van der Waals surface area contributed by atoms with Gasteiger partial charge < -0.3 is 9.73 Å². The zero-order chi connectivity index (χ0) is 22.1. The lowest BCUT2D eigenvalue weighted by Crippen LogP contribution is -2.39. The van der Waals surface area contributed by atoms with Crippen molar-refractivity contribution in [2.45, 2.75) is 39.3 Å². The molecule has 0 aliphatic rings. The van der Waals surface area contributed by atoms with E-state index in [-0.39, 0.29) is 29.3 Å². The Morgan fingerprint density at radius 3 is 2.87 bits per heavy atom. The van der Waals surface area contributed by atoms with Crippen LogP contribution in [-0.4, -0.2) is 36.3 Å². The standard InChI is InChI=1S/C19H18F2N6O3S/c1-3-11(9-26-19(29)30-18(25-26)14-5-4-6-31-14)24-17(28)12-8-22-27-13(15(20)21)7-10(2)23-16(12)27/h4-8,11,15H,3,9H2,1-2H3,(H,24,28)/t11-/m0/s1. The van der Waals surface area contributed by atoms with Crippen LogP contribution in [0, 0.1) is 6.92 Å². The number of aromatic nitrogens is 5. The summed E-state index contributed by atoms with van der Waals surface area (Å²) in [5, 5.41) is 12.7. The largest absolute Gasteiger partial charge is 0.437 e. The highest BCUT2D eigenvalue weighted by molar-refractivity contribution is 7.13. The molecule has 12 heteroatoms. The number of thiophene rings is 1. The second-order valence-electron chi connectivity index (χ2n) is 6.83. The lowest BCUT2D eigenvalue weighted by atomic mass is 10.2. The van der Waals surface area contributed by atoms with Gasteiger partial charge in [-0.05, 0) is 30.9 Å². The summed E-state index contributed by atoms with van der Waals surface area (Å²) in [5.41, 5.74) is 0.112. The van der Waals surface area contributed by atoms with Crippen LogP contribution in [0.4, 0.5) is 8.78 Å². The number of nitrogens with one attached hydrogen (secondary N) is 1. The van der Waals surface area contributed by atoms with E-state index >= 15 is 0 Å². The Morgan fingerprint density at radius 1 is 1.39 bits per heavy atom. The van der Waals surface area contributed by atoms with Crippen LogP contribution in [0.1, 0.15) is 41.5 Å². The van der Waals surface area contributed by atoms with Crippen LogP contribution in [0.2, 0.25) is 0 Å². The Kier molecular flexibility index (Phi) is 5.63. The molecule has 0 aromatic carbocycles. The molecule has 0 radical (unpaired) electrons. The first-order valence-electron chi connectivity index (χ1n) is 9.43. The predicted octanol–water partition coefficient (Wildman–Crippen LogP) is 3.06.